The lowest BCUT2D eigenvalue weighted by atomic mass is 9.99. The molecule has 1 fully saturated rings. The maximum atomic E-state index is 5.74. The number of rotatable bonds is 3. The van der Waals surface area contributed by atoms with Gasteiger partial charge in [0.05, 0.1) is 0 Å². The van der Waals surface area contributed by atoms with E-state index in [1.54, 1.807) is 6.20 Å². The van der Waals surface area contributed by atoms with E-state index in [1.165, 1.54) is 6.42 Å². The fourth-order valence-corrected chi connectivity index (χ4v) is 2.34. The van der Waals surface area contributed by atoms with Gasteiger partial charge in [-0.2, -0.15) is 10.1 Å². The highest BCUT2D eigenvalue weighted by atomic mass is 15.4. The number of nitrogens with one attached hydrogen (secondary N) is 2. The molecule has 2 aromatic rings. The molecule has 1 aliphatic heterocycles. The third kappa shape index (κ3) is 2.08. The van der Waals surface area contributed by atoms with Gasteiger partial charge in [0.2, 0.25) is 5.95 Å². The zero-order valence-corrected chi connectivity index (χ0v) is 10.1. The molecule has 7 heteroatoms. The van der Waals surface area contributed by atoms with Crippen molar-refractivity contribution >= 4 is 5.95 Å². The molecular formula is C11H17N7. The minimum absolute atomic E-state index is 0.549. The minimum atomic E-state index is 0.549. The molecule has 7 nitrogen and oxygen atoms in total. The first kappa shape index (κ1) is 11.2. The van der Waals surface area contributed by atoms with Gasteiger partial charge in [0.1, 0.15) is 5.69 Å². The fraction of sp³-hybridized carbons (Fsp3) is 0.545. The lowest BCUT2D eigenvalue weighted by molar-refractivity contribution is 0.420. The Kier molecular flexibility index (Phi) is 2.97. The maximum absolute atomic E-state index is 5.74. The molecule has 0 spiro atoms. The van der Waals surface area contributed by atoms with Gasteiger partial charge in [0.15, 0.2) is 5.82 Å². The standard InChI is InChI=1S/C11H17N7/c12-6-8-2-1-5-18(7-8)11-14-10(16-17-11)9-3-4-13-15-9/h3-4,8H,1-2,5-7,12H2,(H,13,15)(H,14,16,17). The predicted octanol–water partition coefficient (Wildman–Crippen LogP) is 0.370. The summed E-state index contributed by atoms with van der Waals surface area (Å²) in [6.07, 6.45) is 4.05. The summed E-state index contributed by atoms with van der Waals surface area (Å²) in [5.41, 5.74) is 6.59. The van der Waals surface area contributed by atoms with Gasteiger partial charge in [-0.3, -0.25) is 10.2 Å². The van der Waals surface area contributed by atoms with Gasteiger partial charge in [-0.15, -0.1) is 5.10 Å². The topological polar surface area (TPSA) is 99.5 Å². The van der Waals surface area contributed by atoms with Crippen molar-refractivity contribution in [2.75, 3.05) is 24.5 Å². The number of aromatic amines is 2. The zero-order valence-electron chi connectivity index (χ0n) is 10.1. The third-order valence-corrected chi connectivity index (χ3v) is 3.36. The average molecular weight is 247 g/mol. The van der Waals surface area contributed by atoms with Crippen LogP contribution in [0.2, 0.25) is 0 Å². The molecule has 2 aromatic heterocycles. The largest absolute Gasteiger partial charge is 0.339 e. The van der Waals surface area contributed by atoms with Crippen LogP contribution in [0.25, 0.3) is 11.5 Å². The first-order chi connectivity index (χ1) is 8.86. The van der Waals surface area contributed by atoms with Crippen molar-refractivity contribution in [3.63, 3.8) is 0 Å². The Hall–Kier alpha value is -1.89. The molecule has 96 valence electrons. The van der Waals surface area contributed by atoms with E-state index in [2.05, 4.69) is 30.3 Å². The van der Waals surface area contributed by atoms with Gasteiger partial charge >= 0.3 is 0 Å². The van der Waals surface area contributed by atoms with Crippen LogP contribution in [0.5, 0.6) is 0 Å². The molecule has 1 saturated heterocycles. The van der Waals surface area contributed by atoms with Gasteiger partial charge in [0.25, 0.3) is 0 Å². The molecule has 0 aromatic carbocycles. The van der Waals surface area contributed by atoms with Crippen LogP contribution >= 0.6 is 0 Å². The van der Waals surface area contributed by atoms with Crippen LogP contribution in [0.1, 0.15) is 12.8 Å². The van der Waals surface area contributed by atoms with Crippen molar-refractivity contribution in [1.29, 1.82) is 0 Å². The quantitative estimate of drug-likeness (QED) is 0.727. The molecule has 1 atom stereocenters. The molecule has 4 N–H and O–H groups in total. The highest BCUT2D eigenvalue weighted by Crippen LogP contribution is 2.21. The highest BCUT2D eigenvalue weighted by Gasteiger charge is 2.22. The number of nitrogens with zero attached hydrogens (tertiary/aromatic N) is 4. The second-order valence-corrected chi connectivity index (χ2v) is 4.64. The summed E-state index contributed by atoms with van der Waals surface area (Å²) in [6, 6.07) is 1.86. The molecule has 18 heavy (non-hydrogen) atoms. The highest BCUT2D eigenvalue weighted by molar-refractivity contribution is 5.50. The maximum Gasteiger partial charge on any atom is 0.245 e. The van der Waals surface area contributed by atoms with Crippen molar-refractivity contribution in [3.05, 3.63) is 12.3 Å². The number of H-pyrrole nitrogens is 2. The van der Waals surface area contributed by atoms with Gasteiger partial charge in [-0.1, -0.05) is 0 Å². The Morgan fingerprint density at radius 1 is 1.44 bits per heavy atom. The van der Waals surface area contributed by atoms with Crippen LogP contribution in [0.3, 0.4) is 0 Å². The molecule has 1 aliphatic rings. The number of hydrogen-bond donors (Lipinski definition) is 3. The average Bonchev–Trinajstić information content (AvgIpc) is 3.09. The van der Waals surface area contributed by atoms with Crippen molar-refractivity contribution < 1.29 is 0 Å². The molecule has 0 saturated carbocycles. The van der Waals surface area contributed by atoms with Crippen LogP contribution in [0.15, 0.2) is 12.3 Å². The van der Waals surface area contributed by atoms with Crippen LogP contribution < -0.4 is 10.6 Å². The lowest BCUT2D eigenvalue weighted by Gasteiger charge is -2.31. The van der Waals surface area contributed by atoms with E-state index in [4.69, 9.17) is 5.73 Å². The molecule has 0 aliphatic carbocycles. The Labute approximate surface area is 105 Å². The minimum Gasteiger partial charge on any atom is -0.339 e. The predicted molar refractivity (Wildman–Crippen MR) is 68.0 cm³/mol. The summed E-state index contributed by atoms with van der Waals surface area (Å²) < 4.78 is 0. The Balaban J connectivity index is 1.77. The van der Waals surface area contributed by atoms with Crippen molar-refractivity contribution in [1.82, 2.24) is 25.4 Å². The van der Waals surface area contributed by atoms with Crippen molar-refractivity contribution in [3.8, 4) is 11.5 Å². The van der Waals surface area contributed by atoms with E-state index < -0.39 is 0 Å². The van der Waals surface area contributed by atoms with Crippen LogP contribution in [-0.4, -0.2) is 45.0 Å². The summed E-state index contributed by atoms with van der Waals surface area (Å²) in [4.78, 5) is 6.68. The summed E-state index contributed by atoms with van der Waals surface area (Å²) >= 11 is 0. The molecule has 0 bridgehead atoms. The summed E-state index contributed by atoms with van der Waals surface area (Å²) in [5.74, 6) is 2.02. The SMILES string of the molecule is NCC1CCCN(c2n[nH]c(-c3ccn[nH]3)n2)C1. The van der Waals surface area contributed by atoms with Crippen LogP contribution in [0.4, 0.5) is 5.95 Å². The summed E-state index contributed by atoms with van der Waals surface area (Å²) in [6.45, 7) is 2.67. The lowest BCUT2D eigenvalue weighted by Crippen LogP contribution is -2.38. The molecule has 3 heterocycles. The van der Waals surface area contributed by atoms with E-state index in [-0.39, 0.29) is 0 Å². The molecule has 0 amide bonds. The monoisotopic (exact) mass is 247 g/mol. The third-order valence-electron chi connectivity index (χ3n) is 3.36. The summed E-state index contributed by atoms with van der Waals surface area (Å²) in [5, 5.41) is 14.0. The van der Waals surface area contributed by atoms with Crippen LogP contribution in [0, 0.1) is 5.92 Å². The molecule has 1 unspecified atom stereocenters. The first-order valence-electron chi connectivity index (χ1n) is 6.24. The van der Waals surface area contributed by atoms with E-state index in [0.29, 0.717) is 5.92 Å². The number of piperidine rings is 1. The van der Waals surface area contributed by atoms with Crippen LogP contribution in [-0.2, 0) is 0 Å². The Bertz CT molecular complexity index is 489. The van der Waals surface area contributed by atoms with E-state index >= 15 is 0 Å². The second kappa shape index (κ2) is 4.77. The van der Waals surface area contributed by atoms with Crippen molar-refractivity contribution in [2.45, 2.75) is 12.8 Å². The van der Waals surface area contributed by atoms with Gasteiger partial charge in [-0.05, 0) is 31.4 Å². The van der Waals surface area contributed by atoms with Gasteiger partial charge < -0.3 is 10.6 Å². The summed E-state index contributed by atoms with van der Waals surface area (Å²) in [7, 11) is 0. The second-order valence-electron chi connectivity index (χ2n) is 4.64. The van der Waals surface area contributed by atoms with E-state index in [1.807, 2.05) is 6.07 Å². The Morgan fingerprint density at radius 2 is 2.39 bits per heavy atom. The Morgan fingerprint density at radius 3 is 3.17 bits per heavy atom. The molecule has 3 rings (SSSR count). The molecular weight excluding hydrogens is 230 g/mol. The number of nitrogens with two attached hydrogens (primary N) is 1. The smallest absolute Gasteiger partial charge is 0.245 e. The van der Waals surface area contributed by atoms with E-state index in [0.717, 1.165) is 43.5 Å². The molecule has 0 radical (unpaired) electrons. The first-order valence-corrected chi connectivity index (χ1v) is 6.24. The fourth-order valence-electron chi connectivity index (χ4n) is 2.34. The van der Waals surface area contributed by atoms with Crippen molar-refractivity contribution in [2.24, 2.45) is 11.7 Å². The number of anilines is 1. The van der Waals surface area contributed by atoms with Gasteiger partial charge in [-0.25, -0.2) is 0 Å². The number of hydrogen-bond acceptors (Lipinski definition) is 5. The number of aromatic nitrogens is 5. The normalized spacial score (nSPS) is 20.3. The van der Waals surface area contributed by atoms with Gasteiger partial charge in [0, 0.05) is 19.3 Å². The zero-order chi connectivity index (χ0) is 12.4. The van der Waals surface area contributed by atoms with E-state index in [9.17, 15) is 0 Å².